The van der Waals surface area contributed by atoms with Gasteiger partial charge < -0.3 is 15.2 Å². The third kappa shape index (κ3) is 1.89. The fraction of sp³-hybridized carbons (Fsp3) is 0.333. The Kier molecular flexibility index (Phi) is 2.84. The maximum absolute atomic E-state index is 10.8. The summed E-state index contributed by atoms with van der Waals surface area (Å²) in [6, 6.07) is 2.50. The van der Waals surface area contributed by atoms with Crippen LogP contribution in [0, 0.1) is 10.1 Å². The molecular weight excluding hydrogens is 236 g/mol. The summed E-state index contributed by atoms with van der Waals surface area (Å²) in [7, 11) is 0. The molecule has 16 heavy (non-hydrogen) atoms. The molecule has 2 N–H and O–H groups in total. The zero-order valence-corrected chi connectivity index (χ0v) is 8.90. The summed E-state index contributed by atoms with van der Waals surface area (Å²) in [5, 5.41) is 22.9. The second kappa shape index (κ2) is 4.15. The minimum Gasteiger partial charge on any atom is -0.483 e. The van der Waals surface area contributed by atoms with Gasteiger partial charge in [-0.2, -0.15) is 0 Å². The van der Waals surface area contributed by atoms with Crippen molar-refractivity contribution >= 4 is 23.0 Å². The maximum atomic E-state index is 10.8. The first kappa shape index (κ1) is 11.0. The van der Waals surface area contributed by atoms with Gasteiger partial charge in [-0.3, -0.25) is 10.1 Å². The molecule has 2 rings (SSSR count). The zero-order chi connectivity index (χ0) is 11.7. The van der Waals surface area contributed by atoms with Crippen molar-refractivity contribution < 1.29 is 14.8 Å². The lowest BCUT2D eigenvalue weighted by Gasteiger charge is -2.25. The van der Waals surface area contributed by atoms with Crippen molar-refractivity contribution in [2.24, 2.45) is 0 Å². The van der Waals surface area contributed by atoms with Crippen molar-refractivity contribution in [2.75, 3.05) is 18.5 Å². The number of hydrogen-bond donors (Lipinski definition) is 2. The van der Waals surface area contributed by atoms with E-state index in [1.807, 2.05) is 0 Å². The fourth-order valence-corrected chi connectivity index (χ4v) is 1.73. The highest BCUT2D eigenvalue weighted by Gasteiger charge is 2.27. The summed E-state index contributed by atoms with van der Waals surface area (Å²) < 4.78 is 5.25. The van der Waals surface area contributed by atoms with Crippen LogP contribution in [-0.2, 0) is 0 Å². The summed E-state index contributed by atoms with van der Waals surface area (Å²) >= 11 is 5.75. The molecule has 1 aromatic carbocycles. The van der Waals surface area contributed by atoms with Gasteiger partial charge >= 0.3 is 5.69 Å². The van der Waals surface area contributed by atoms with Crippen LogP contribution in [0.4, 0.5) is 11.4 Å². The van der Waals surface area contributed by atoms with Crippen LogP contribution >= 0.6 is 11.6 Å². The summed E-state index contributed by atoms with van der Waals surface area (Å²) in [5.41, 5.74) is 0.260. The molecule has 0 amide bonds. The number of nitrogens with zero attached hydrogens (tertiary/aromatic N) is 1. The lowest BCUT2D eigenvalue weighted by atomic mass is 10.2. The molecule has 1 aromatic rings. The lowest BCUT2D eigenvalue weighted by Crippen LogP contribution is -2.34. The predicted molar refractivity (Wildman–Crippen MR) is 58.1 cm³/mol. The van der Waals surface area contributed by atoms with Crippen LogP contribution in [0.2, 0.25) is 5.02 Å². The van der Waals surface area contributed by atoms with Crippen molar-refractivity contribution in [3.05, 3.63) is 27.3 Å². The molecule has 0 bridgehead atoms. The van der Waals surface area contributed by atoms with E-state index in [-0.39, 0.29) is 35.7 Å². The van der Waals surface area contributed by atoms with E-state index < -0.39 is 4.92 Å². The first-order valence-corrected chi connectivity index (χ1v) is 4.97. The number of nitro groups is 1. The van der Waals surface area contributed by atoms with Gasteiger partial charge in [-0.05, 0) is 6.07 Å². The number of hydrogen-bond acceptors (Lipinski definition) is 5. The number of aliphatic hydroxyl groups excluding tert-OH is 1. The molecule has 6 nitrogen and oxygen atoms in total. The van der Waals surface area contributed by atoms with Gasteiger partial charge in [0.15, 0.2) is 0 Å². The van der Waals surface area contributed by atoms with Crippen molar-refractivity contribution in [2.45, 2.75) is 6.04 Å². The molecule has 0 fully saturated rings. The maximum Gasteiger partial charge on any atom is 0.314 e. The number of ether oxygens (including phenoxy) is 1. The van der Waals surface area contributed by atoms with Gasteiger partial charge in [0.2, 0.25) is 5.75 Å². The van der Waals surface area contributed by atoms with Crippen LogP contribution in [0.3, 0.4) is 0 Å². The summed E-state index contributed by atoms with van der Waals surface area (Å²) in [4.78, 5) is 10.2. The van der Waals surface area contributed by atoms with Crippen LogP contribution in [-0.4, -0.2) is 29.3 Å². The minimum atomic E-state index is -0.550. The topological polar surface area (TPSA) is 84.6 Å². The molecule has 0 radical (unpaired) electrons. The van der Waals surface area contributed by atoms with Gasteiger partial charge in [-0.25, -0.2) is 0 Å². The second-order valence-corrected chi connectivity index (χ2v) is 3.83. The van der Waals surface area contributed by atoms with E-state index in [9.17, 15) is 10.1 Å². The Morgan fingerprint density at radius 1 is 1.69 bits per heavy atom. The lowest BCUT2D eigenvalue weighted by molar-refractivity contribution is -0.385. The van der Waals surface area contributed by atoms with Gasteiger partial charge in [-0.15, -0.1) is 0 Å². The standard InChI is InChI=1S/C9H9ClN2O4/c10-5-1-7-9(8(2-5)12(14)15)16-4-6(3-13)11-7/h1-2,6,11,13H,3-4H2. The monoisotopic (exact) mass is 244 g/mol. The molecule has 86 valence electrons. The molecule has 0 saturated carbocycles. The number of fused-ring (bicyclic) bond motifs is 1. The zero-order valence-electron chi connectivity index (χ0n) is 8.14. The van der Waals surface area contributed by atoms with E-state index in [0.717, 1.165) is 0 Å². The summed E-state index contributed by atoms with van der Waals surface area (Å²) in [6.07, 6.45) is 0. The molecule has 1 aliphatic heterocycles. The molecule has 1 aliphatic rings. The van der Waals surface area contributed by atoms with E-state index in [4.69, 9.17) is 21.4 Å². The van der Waals surface area contributed by atoms with Gasteiger partial charge in [-0.1, -0.05) is 11.6 Å². The average molecular weight is 245 g/mol. The molecule has 0 aromatic heterocycles. The average Bonchev–Trinajstić information content (AvgIpc) is 2.26. The largest absolute Gasteiger partial charge is 0.483 e. The van der Waals surface area contributed by atoms with Crippen LogP contribution < -0.4 is 10.1 Å². The molecule has 0 saturated heterocycles. The van der Waals surface area contributed by atoms with Gasteiger partial charge in [0.1, 0.15) is 6.61 Å². The Hall–Kier alpha value is -1.53. The van der Waals surface area contributed by atoms with Crippen molar-refractivity contribution in [3.8, 4) is 5.75 Å². The minimum absolute atomic E-state index is 0.111. The number of nitrogens with one attached hydrogen (secondary N) is 1. The molecule has 1 unspecified atom stereocenters. The Labute approximate surface area is 95.9 Å². The Morgan fingerprint density at radius 2 is 2.44 bits per heavy atom. The Balaban J connectivity index is 2.45. The van der Waals surface area contributed by atoms with Crippen LogP contribution in [0.1, 0.15) is 0 Å². The van der Waals surface area contributed by atoms with Gasteiger partial charge in [0.05, 0.1) is 23.3 Å². The molecule has 0 spiro atoms. The predicted octanol–water partition coefficient (Wildman–Crippen LogP) is 1.41. The number of nitro benzene ring substituents is 1. The van der Waals surface area contributed by atoms with E-state index in [1.165, 1.54) is 12.1 Å². The van der Waals surface area contributed by atoms with E-state index in [0.29, 0.717) is 5.69 Å². The number of halogens is 1. The highest BCUT2D eigenvalue weighted by molar-refractivity contribution is 6.31. The van der Waals surface area contributed by atoms with Crippen molar-refractivity contribution in [1.29, 1.82) is 0 Å². The summed E-state index contributed by atoms with van der Waals surface area (Å²) in [5.74, 6) is 0.166. The SMILES string of the molecule is O=[N+]([O-])c1cc(Cl)cc2c1OCC(CO)N2. The Morgan fingerprint density at radius 3 is 3.06 bits per heavy atom. The third-order valence-electron chi connectivity index (χ3n) is 2.24. The number of aliphatic hydroxyl groups is 1. The number of anilines is 1. The van der Waals surface area contributed by atoms with E-state index >= 15 is 0 Å². The molecular formula is C9H9ClN2O4. The van der Waals surface area contributed by atoms with Crippen molar-refractivity contribution in [3.63, 3.8) is 0 Å². The molecule has 7 heteroatoms. The molecule has 1 heterocycles. The van der Waals surface area contributed by atoms with Crippen molar-refractivity contribution in [1.82, 2.24) is 0 Å². The van der Waals surface area contributed by atoms with Crippen LogP contribution in [0.5, 0.6) is 5.75 Å². The van der Waals surface area contributed by atoms with Crippen LogP contribution in [0.25, 0.3) is 0 Å². The smallest absolute Gasteiger partial charge is 0.314 e. The molecule has 0 aliphatic carbocycles. The van der Waals surface area contributed by atoms with Crippen LogP contribution in [0.15, 0.2) is 12.1 Å². The highest BCUT2D eigenvalue weighted by atomic mass is 35.5. The molecule has 1 atom stereocenters. The summed E-state index contributed by atoms with van der Waals surface area (Å²) in [6.45, 7) is 0.0751. The first-order valence-electron chi connectivity index (χ1n) is 4.60. The first-order chi connectivity index (χ1) is 7.61. The quantitative estimate of drug-likeness (QED) is 0.607. The van der Waals surface area contributed by atoms with Gasteiger partial charge in [0, 0.05) is 11.1 Å². The number of rotatable bonds is 2. The normalized spacial score (nSPS) is 18.2. The van der Waals surface area contributed by atoms with E-state index in [1.54, 1.807) is 0 Å². The highest BCUT2D eigenvalue weighted by Crippen LogP contribution is 2.40. The Bertz CT molecular complexity index is 438. The third-order valence-corrected chi connectivity index (χ3v) is 2.46. The number of benzene rings is 1. The van der Waals surface area contributed by atoms with Gasteiger partial charge in [0.25, 0.3) is 0 Å². The van der Waals surface area contributed by atoms with E-state index in [2.05, 4.69) is 5.32 Å². The fourth-order valence-electron chi connectivity index (χ4n) is 1.52. The second-order valence-electron chi connectivity index (χ2n) is 3.39.